The third-order valence-corrected chi connectivity index (χ3v) is 6.79. The predicted octanol–water partition coefficient (Wildman–Crippen LogP) is 8.84. The number of aromatic nitrogens is 3. The lowest BCUT2D eigenvalue weighted by Crippen LogP contribution is -2.16. The van der Waals surface area contributed by atoms with Crippen LogP contribution in [0, 0.1) is 27.7 Å². The molecule has 1 heterocycles. The van der Waals surface area contributed by atoms with Crippen molar-refractivity contribution in [3.8, 4) is 39.9 Å². The fraction of sp³-hybridized carbons (Fsp3) is 0.364. The number of benzene rings is 3. The standard InChI is InChI=1S/C33H39N3O/c1-7-9-13-26(12-8-2)37-30-15-11-10-14-29(30)33-35-31(27-18-16-22(3)20-24(27)5)34-32(36-33)28-19-17-23(4)21-25(28)6/h10-11,14-21,26H,7-9,12-13H2,1-6H3. The summed E-state index contributed by atoms with van der Waals surface area (Å²) >= 11 is 0. The summed E-state index contributed by atoms with van der Waals surface area (Å²) in [6.45, 7) is 12.9. The Morgan fingerprint density at radius 1 is 0.622 bits per heavy atom. The molecule has 0 bridgehead atoms. The Morgan fingerprint density at radius 2 is 1.16 bits per heavy atom. The van der Waals surface area contributed by atoms with Gasteiger partial charge < -0.3 is 4.74 Å². The molecule has 192 valence electrons. The Labute approximate surface area is 222 Å². The number of ether oxygens (including phenoxy) is 1. The highest BCUT2D eigenvalue weighted by Crippen LogP contribution is 2.33. The average Bonchev–Trinajstić information content (AvgIpc) is 2.87. The molecular weight excluding hydrogens is 454 g/mol. The Hall–Kier alpha value is -3.53. The second-order valence-corrected chi connectivity index (χ2v) is 10.1. The summed E-state index contributed by atoms with van der Waals surface area (Å²) < 4.78 is 6.61. The molecule has 0 spiro atoms. The molecule has 0 fully saturated rings. The van der Waals surface area contributed by atoms with Crippen molar-refractivity contribution in [3.63, 3.8) is 0 Å². The van der Waals surface area contributed by atoms with Gasteiger partial charge in [0.15, 0.2) is 17.5 Å². The van der Waals surface area contributed by atoms with Gasteiger partial charge in [-0.25, -0.2) is 15.0 Å². The summed E-state index contributed by atoms with van der Waals surface area (Å²) in [6.07, 6.45) is 5.69. The van der Waals surface area contributed by atoms with E-state index in [0.717, 1.165) is 65.7 Å². The van der Waals surface area contributed by atoms with Crippen molar-refractivity contribution in [1.29, 1.82) is 0 Å². The van der Waals surface area contributed by atoms with Crippen molar-refractivity contribution < 1.29 is 4.74 Å². The summed E-state index contributed by atoms with van der Waals surface area (Å²) in [6, 6.07) is 21.0. The first-order valence-electron chi connectivity index (χ1n) is 13.6. The molecule has 3 aromatic carbocycles. The number of hydrogen-bond acceptors (Lipinski definition) is 4. The third kappa shape index (κ3) is 6.43. The van der Waals surface area contributed by atoms with Crippen molar-refractivity contribution in [2.45, 2.75) is 79.8 Å². The van der Waals surface area contributed by atoms with Crippen LogP contribution in [-0.4, -0.2) is 21.1 Å². The first kappa shape index (κ1) is 26.5. The van der Waals surface area contributed by atoms with Gasteiger partial charge >= 0.3 is 0 Å². The molecule has 0 amide bonds. The van der Waals surface area contributed by atoms with Gasteiger partial charge in [-0.1, -0.05) is 92.8 Å². The number of hydrogen-bond donors (Lipinski definition) is 0. The SMILES string of the molecule is CCCCC(CCC)Oc1ccccc1-c1nc(-c2ccc(C)cc2C)nc(-c2ccc(C)cc2C)n1. The quantitative estimate of drug-likeness (QED) is 0.221. The van der Waals surface area contributed by atoms with Gasteiger partial charge in [-0.2, -0.15) is 0 Å². The molecule has 4 nitrogen and oxygen atoms in total. The molecule has 0 radical (unpaired) electrons. The van der Waals surface area contributed by atoms with Crippen LogP contribution in [0.15, 0.2) is 60.7 Å². The van der Waals surface area contributed by atoms with Crippen LogP contribution in [0.3, 0.4) is 0 Å². The minimum absolute atomic E-state index is 0.186. The van der Waals surface area contributed by atoms with Crippen LogP contribution in [0.5, 0.6) is 5.75 Å². The topological polar surface area (TPSA) is 47.9 Å². The number of rotatable bonds is 10. The molecule has 4 heteroatoms. The highest BCUT2D eigenvalue weighted by molar-refractivity contribution is 5.72. The molecule has 0 saturated carbocycles. The minimum Gasteiger partial charge on any atom is -0.490 e. The van der Waals surface area contributed by atoms with Crippen LogP contribution in [0.2, 0.25) is 0 Å². The molecule has 0 aliphatic heterocycles. The van der Waals surface area contributed by atoms with E-state index >= 15 is 0 Å². The van der Waals surface area contributed by atoms with Gasteiger partial charge in [0.25, 0.3) is 0 Å². The van der Waals surface area contributed by atoms with E-state index in [1.165, 1.54) is 11.1 Å². The van der Waals surface area contributed by atoms with E-state index in [0.29, 0.717) is 17.5 Å². The summed E-state index contributed by atoms with van der Waals surface area (Å²) in [5.74, 6) is 2.84. The first-order valence-corrected chi connectivity index (χ1v) is 13.6. The smallest absolute Gasteiger partial charge is 0.167 e. The molecule has 4 rings (SSSR count). The molecule has 37 heavy (non-hydrogen) atoms. The second-order valence-electron chi connectivity index (χ2n) is 10.1. The van der Waals surface area contributed by atoms with Crippen LogP contribution in [0.1, 0.15) is 68.2 Å². The maximum Gasteiger partial charge on any atom is 0.167 e. The minimum atomic E-state index is 0.186. The van der Waals surface area contributed by atoms with E-state index in [-0.39, 0.29) is 6.10 Å². The normalized spacial score (nSPS) is 11.9. The lowest BCUT2D eigenvalue weighted by molar-refractivity contribution is 0.177. The fourth-order valence-corrected chi connectivity index (χ4v) is 4.82. The molecule has 1 aromatic heterocycles. The van der Waals surface area contributed by atoms with Gasteiger partial charge in [0, 0.05) is 11.1 Å². The number of para-hydroxylation sites is 1. The fourth-order valence-electron chi connectivity index (χ4n) is 4.82. The summed E-state index contributed by atoms with van der Waals surface area (Å²) in [7, 11) is 0. The van der Waals surface area contributed by atoms with Crippen LogP contribution in [-0.2, 0) is 0 Å². The monoisotopic (exact) mass is 493 g/mol. The second kappa shape index (κ2) is 12.1. The maximum atomic E-state index is 6.61. The van der Waals surface area contributed by atoms with Crippen LogP contribution in [0.4, 0.5) is 0 Å². The van der Waals surface area contributed by atoms with Gasteiger partial charge in [0.1, 0.15) is 5.75 Å². The van der Waals surface area contributed by atoms with Gasteiger partial charge in [-0.3, -0.25) is 0 Å². The summed E-state index contributed by atoms with van der Waals surface area (Å²) in [5.41, 5.74) is 7.68. The lowest BCUT2D eigenvalue weighted by atomic mass is 10.0. The largest absolute Gasteiger partial charge is 0.490 e. The summed E-state index contributed by atoms with van der Waals surface area (Å²) in [4.78, 5) is 15.0. The van der Waals surface area contributed by atoms with Crippen molar-refractivity contribution in [1.82, 2.24) is 15.0 Å². The average molecular weight is 494 g/mol. The Balaban J connectivity index is 1.87. The predicted molar refractivity (Wildman–Crippen MR) is 154 cm³/mol. The maximum absolute atomic E-state index is 6.61. The molecular formula is C33H39N3O. The number of nitrogens with zero attached hydrogens (tertiary/aromatic N) is 3. The zero-order valence-corrected chi connectivity index (χ0v) is 23.1. The van der Waals surface area contributed by atoms with Crippen LogP contribution >= 0.6 is 0 Å². The van der Waals surface area contributed by atoms with Crippen LogP contribution < -0.4 is 4.74 Å². The van der Waals surface area contributed by atoms with E-state index in [2.05, 4.69) is 84.0 Å². The van der Waals surface area contributed by atoms with E-state index < -0.39 is 0 Å². The third-order valence-electron chi connectivity index (χ3n) is 6.79. The highest BCUT2D eigenvalue weighted by Gasteiger charge is 2.19. The van der Waals surface area contributed by atoms with Crippen molar-refractivity contribution in [3.05, 3.63) is 82.9 Å². The molecule has 0 aliphatic rings. The van der Waals surface area contributed by atoms with Crippen molar-refractivity contribution in [2.24, 2.45) is 0 Å². The molecule has 0 N–H and O–H groups in total. The highest BCUT2D eigenvalue weighted by atomic mass is 16.5. The number of aryl methyl sites for hydroxylation is 4. The molecule has 1 unspecified atom stereocenters. The summed E-state index contributed by atoms with van der Waals surface area (Å²) in [5, 5.41) is 0. The van der Waals surface area contributed by atoms with E-state index in [4.69, 9.17) is 19.7 Å². The van der Waals surface area contributed by atoms with Gasteiger partial charge in [0.2, 0.25) is 0 Å². The van der Waals surface area contributed by atoms with Crippen molar-refractivity contribution in [2.75, 3.05) is 0 Å². The Bertz CT molecular complexity index is 1290. The number of unbranched alkanes of at least 4 members (excludes halogenated alkanes) is 1. The Kier molecular flexibility index (Phi) is 8.70. The zero-order valence-electron chi connectivity index (χ0n) is 23.1. The van der Waals surface area contributed by atoms with Gasteiger partial charge in [-0.15, -0.1) is 0 Å². The molecule has 4 aromatic rings. The zero-order chi connectivity index (χ0) is 26.4. The van der Waals surface area contributed by atoms with E-state index in [1.807, 2.05) is 18.2 Å². The molecule has 0 aliphatic carbocycles. The van der Waals surface area contributed by atoms with E-state index in [1.54, 1.807) is 0 Å². The van der Waals surface area contributed by atoms with Crippen LogP contribution in [0.25, 0.3) is 34.2 Å². The first-order chi connectivity index (χ1) is 17.9. The molecule has 1 atom stereocenters. The lowest BCUT2D eigenvalue weighted by Gasteiger charge is -2.20. The van der Waals surface area contributed by atoms with Gasteiger partial charge in [-0.05, 0) is 63.8 Å². The van der Waals surface area contributed by atoms with Crippen molar-refractivity contribution >= 4 is 0 Å². The van der Waals surface area contributed by atoms with E-state index in [9.17, 15) is 0 Å². The van der Waals surface area contributed by atoms with Gasteiger partial charge in [0.05, 0.1) is 11.7 Å². The molecule has 0 saturated heterocycles. The Morgan fingerprint density at radius 3 is 1.68 bits per heavy atom.